The number of hydrogen-bond donors (Lipinski definition) is 0. The quantitative estimate of drug-likeness (QED) is 0.404. The van der Waals surface area contributed by atoms with Gasteiger partial charge in [0.15, 0.2) is 11.6 Å². The molecule has 0 saturated carbocycles. The number of pyridine rings is 1. The van der Waals surface area contributed by atoms with Crippen molar-refractivity contribution in [3.63, 3.8) is 0 Å². The van der Waals surface area contributed by atoms with E-state index < -0.39 is 46.3 Å². The van der Waals surface area contributed by atoms with Gasteiger partial charge in [0.05, 0.1) is 17.5 Å². The number of benzene rings is 1. The van der Waals surface area contributed by atoms with E-state index >= 15 is 0 Å². The summed E-state index contributed by atoms with van der Waals surface area (Å²) in [4.78, 5) is 24.4. The van der Waals surface area contributed by atoms with Crippen LogP contribution in [0.4, 0.5) is 17.6 Å². The zero-order valence-electron chi connectivity index (χ0n) is 12.8. The minimum atomic E-state index is -3.43. The fourth-order valence-electron chi connectivity index (χ4n) is 2.29. The molecule has 0 radical (unpaired) electrons. The van der Waals surface area contributed by atoms with Crippen LogP contribution in [-0.2, 0) is 11.3 Å². The minimum absolute atomic E-state index is 0.00766. The van der Waals surface area contributed by atoms with Gasteiger partial charge in [0, 0.05) is 18.1 Å². The molecule has 0 aliphatic heterocycles. The standard InChI is InChI=1S/C15H12BrF4NO4/c1-2-24-14(23)8-6-21(4-3-16)11-7(12(8)22)5-9(17)10(18)13(11)25-15(19)20/h5-6,15H,2-4H2,1H3. The van der Waals surface area contributed by atoms with Gasteiger partial charge in [-0.05, 0) is 13.0 Å². The lowest BCUT2D eigenvalue weighted by Crippen LogP contribution is -2.22. The molecule has 0 bridgehead atoms. The first-order valence-electron chi connectivity index (χ1n) is 7.04. The van der Waals surface area contributed by atoms with Gasteiger partial charge in [-0.15, -0.1) is 0 Å². The van der Waals surface area contributed by atoms with Gasteiger partial charge in [0.2, 0.25) is 11.2 Å². The Morgan fingerprint density at radius 1 is 1.36 bits per heavy atom. The second-order valence-electron chi connectivity index (χ2n) is 4.75. The fraction of sp³-hybridized carbons (Fsp3) is 0.333. The summed E-state index contributed by atoms with van der Waals surface area (Å²) in [6.07, 6.45) is 1.04. The molecule has 0 spiro atoms. The number of carbonyl (C=O) groups is 1. The summed E-state index contributed by atoms with van der Waals surface area (Å²) in [5.74, 6) is -5.26. The Morgan fingerprint density at radius 3 is 2.60 bits per heavy atom. The topological polar surface area (TPSA) is 57.5 Å². The summed E-state index contributed by atoms with van der Waals surface area (Å²) in [6.45, 7) is -1.85. The third-order valence-corrected chi connectivity index (χ3v) is 3.59. The van der Waals surface area contributed by atoms with Crippen LogP contribution < -0.4 is 10.2 Å². The van der Waals surface area contributed by atoms with Crippen molar-refractivity contribution in [1.82, 2.24) is 4.57 Å². The van der Waals surface area contributed by atoms with Crippen LogP contribution in [0.2, 0.25) is 0 Å². The fourth-order valence-corrected chi connectivity index (χ4v) is 2.68. The van der Waals surface area contributed by atoms with Crippen LogP contribution in [0, 0.1) is 11.6 Å². The number of fused-ring (bicyclic) bond motifs is 1. The van der Waals surface area contributed by atoms with Gasteiger partial charge in [-0.3, -0.25) is 4.79 Å². The largest absolute Gasteiger partial charge is 0.462 e. The summed E-state index contributed by atoms with van der Waals surface area (Å²) >= 11 is 3.12. The maximum absolute atomic E-state index is 14.0. The Hall–Kier alpha value is -2.10. The third-order valence-electron chi connectivity index (χ3n) is 3.24. The maximum Gasteiger partial charge on any atom is 0.387 e. The lowest BCUT2D eigenvalue weighted by molar-refractivity contribution is -0.0516. The molecular formula is C15H12BrF4NO4. The Labute approximate surface area is 147 Å². The number of halogens is 5. The average Bonchev–Trinajstić information content (AvgIpc) is 2.54. The predicted octanol–water partition coefficient (Wildman–Crippen LogP) is 3.45. The van der Waals surface area contributed by atoms with Crippen molar-refractivity contribution in [3.8, 4) is 5.75 Å². The van der Waals surface area contributed by atoms with Crippen molar-refractivity contribution in [2.24, 2.45) is 0 Å². The number of aryl methyl sites for hydroxylation is 1. The molecule has 0 atom stereocenters. The lowest BCUT2D eigenvalue weighted by atomic mass is 10.1. The van der Waals surface area contributed by atoms with E-state index in [9.17, 15) is 27.2 Å². The molecule has 25 heavy (non-hydrogen) atoms. The van der Waals surface area contributed by atoms with Crippen LogP contribution in [0.3, 0.4) is 0 Å². The molecule has 0 aliphatic rings. The van der Waals surface area contributed by atoms with Gasteiger partial charge < -0.3 is 14.0 Å². The van der Waals surface area contributed by atoms with Gasteiger partial charge >= 0.3 is 12.6 Å². The van der Waals surface area contributed by atoms with E-state index in [-0.39, 0.29) is 24.0 Å². The van der Waals surface area contributed by atoms with Gasteiger partial charge in [-0.25, -0.2) is 9.18 Å². The van der Waals surface area contributed by atoms with Crippen molar-refractivity contribution in [2.45, 2.75) is 20.1 Å². The van der Waals surface area contributed by atoms with Gasteiger partial charge in [0.25, 0.3) is 0 Å². The van der Waals surface area contributed by atoms with Crippen molar-refractivity contribution < 1.29 is 31.8 Å². The molecule has 0 unspecified atom stereocenters. The summed E-state index contributed by atoms with van der Waals surface area (Å²) < 4.78 is 62.9. The number of carbonyl (C=O) groups excluding carboxylic acids is 1. The number of nitrogens with zero attached hydrogens (tertiary/aromatic N) is 1. The Kier molecular flexibility index (Phi) is 6.04. The minimum Gasteiger partial charge on any atom is -0.462 e. The van der Waals surface area contributed by atoms with Crippen LogP contribution in [-0.4, -0.2) is 29.1 Å². The molecule has 0 aliphatic carbocycles. The number of aromatic nitrogens is 1. The van der Waals surface area contributed by atoms with Crippen molar-refractivity contribution in [2.75, 3.05) is 11.9 Å². The number of esters is 1. The molecule has 2 aromatic rings. The SMILES string of the molecule is CCOC(=O)c1cn(CCBr)c2c(OC(F)F)c(F)c(F)cc2c1=O. The van der Waals surface area contributed by atoms with Crippen LogP contribution in [0.15, 0.2) is 17.1 Å². The monoisotopic (exact) mass is 425 g/mol. The number of hydrogen-bond acceptors (Lipinski definition) is 4. The summed E-state index contributed by atoms with van der Waals surface area (Å²) in [5, 5.41) is -0.193. The molecule has 136 valence electrons. The number of ether oxygens (including phenoxy) is 2. The zero-order chi connectivity index (χ0) is 18.7. The Balaban J connectivity index is 2.90. The second kappa shape index (κ2) is 7.85. The lowest BCUT2D eigenvalue weighted by Gasteiger charge is -2.16. The molecule has 0 N–H and O–H groups in total. The molecule has 5 nitrogen and oxygen atoms in total. The normalized spacial score (nSPS) is 11.2. The van der Waals surface area contributed by atoms with Crippen LogP contribution >= 0.6 is 15.9 Å². The molecule has 2 rings (SSSR count). The molecule has 1 aromatic heterocycles. The van der Waals surface area contributed by atoms with E-state index in [2.05, 4.69) is 20.7 Å². The van der Waals surface area contributed by atoms with Crippen molar-refractivity contribution in [3.05, 3.63) is 39.7 Å². The average molecular weight is 426 g/mol. The highest BCUT2D eigenvalue weighted by molar-refractivity contribution is 9.09. The van der Waals surface area contributed by atoms with Crippen LogP contribution in [0.5, 0.6) is 5.75 Å². The highest BCUT2D eigenvalue weighted by Gasteiger charge is 2.25. The molecular weight excluding hydrogens is 414 g/mol. The molecule has 10 heteroatoms. The smallest absolute Gasteiger partial charge is 0.387 e. The Morgan fingerprint density at radius 2 is 2.04 bits per heavy atom. The maximum atomic E-state index is 14.0. The summed E-state index contributed by atoms with van der Waals surface area (Å²) in [6, 6.07) is 0.540. The van der Waals surface area contributed by atoms with Crippen molar-refractivity contribution in [1.29, 1.82) is 0 Å². The van der Waals surface area contributed by atoms with E-state index in [1.807, 2.05) is 0 Å². The van der Waals surface area contributed by atoms with E-state index in [4.69, 9.17) is 4.74 Å². The van der Waals surface area contributed by atoms with E-state index in [1.54, 1.807) is 0 Å². The molecule has 0 saturated heterocycles. The second-order valence-corrected chi connectivity index (χ2v) is 5.54. The molecule has 1 heterocycles. The van der Waals surface area contributed by atoms with E-state index in [0.717, 1.165) is 10.8 Å². The zero-order valence-corrected chi connectivity index (χ0v) is 14.4. The predicted molar refractivity (Wildman–Crippen MR) is 84.5 cm³/mol. The Bertz CT molecular complexity index is 869. The van der Waals surface area contributed by atoms with Gasteiger partial charge in [0.1, 0.15) is 5.56 Å². The highest BCUT2D eigenvalue weighted by atomic mass is 79.9. The van der Waals surface area contributed by atoms with Crippen LogP contribution in [0.1, 0.15) is 17.3 Å². The number of rotatable bonds is 6. The summed E-state index contributed by atoms with van der Waals surface area (Å²) in [5.41, 5.74) is -1.78. The molecule has 0 amide bonds. The van der Waals surface area contributed by atoms with E-state index in [1.165, 1.54) is 6.92 Å². The highest BCUT2D eigenvalue weighted by Crippen LogP contribution is 2.31. The van der Waals surface area contributed by atoms with Crippen LogP contribution in [0.25, 0.3) is 10.9 Å². The molecule has 1 aromatic carbocycles. The van der Waals surface area contributed by atoms with Gasteiger partial charge in [-0.1, -0.05) is 15.9 Å². The molecule has 0 fully saturated rings. The third kappa shape index (κ3) is 3.78. The first kappa shape index (κ1) is 19.2. The first-order valence-corrected chi connectivity index (χ1v) is 8.17. The van der Waals surface area contributed by atoms with E-state index in [0.29, 0.717) is 6.07 Å². The summed E-state index contributed by atoms with van der Waals surface area (Å²) in [7, 11) is 0. The first-order chi connectivity index (χ1) is 11.8. The number of alkyl halides is 3. The van der Waals surface area contributed by atoms with Gasteiger partial charge in [-0.2, -0.15) is 13.2 Å². The van der Waals surface area contributed by atoms with Crippen molar-refractivity contribution >= 4 is 32.8 Å².